The molecule has 7 heteroatoms. The molecule has 3 aromatic rings. The van der Waals surface area contributed by atoms with Crippen LogP contribution in [0.1, 0.15) is 30.0 Å². The zero-order chi connectivity index (χ0) is 25.9. The summed E-state index contributed by atoms with van der Waals surface area (Å²) in [6, 6.07) is 22.2. The molecule has 0 aliphatic heterocycles. The highest BCUT2D eigenvalue weighted by Crippen LogP contribution is 2.27. The molecule has 6 nitrogen and oxygen atoms in total. The van der Waals surface area contributed by atoms with Crippen molar-refractivity contribution in [1.82, 2.24) is 10.2 Å². The van der Waals surface area contributed by atoms with E-state index in [1.54, 1.807) is 31.3 Å². The number of methoxy groups -OCH3 is 2. The lowest BCUT2D eigenvalue weighted by molar-refractivity contribution is -0.141. The van der Waals surface area contributed by atoms with Gasteiger partial charge in [0.1, 0.15) is 6.04 Å². The second kappa shape index (κ2) is 13.5. The summed E-state index contributed by atoms with van der Waals surface area (Å²) in [5, 5.41) is 3.67. The number of rotatable bonds is 12. The van der Waals surface area contributed by atoms with Crippen LogP contribution in [0.3, 0.4) is 0 Å². The van der Waals surface area contributed by atoms with Gasteiger partial charge in [0.05, 0.1) is 14.2 Å². The number of nitrogens with zero attached hydrogens (tertiary/aromatic N) is 1. The van der Waals surface area contributed by atoms with Gasteiger partial charge < -0.3 is 19.7 Å². The van der Waals surface area contributed by atoms with Crippen LogP contribution in [-0.4, -0.2) is 43.5 Å². The zero-order valence-electron chi connectivity index (χ0n) is 21.0. The number of nitrogens with one attached hydrogen (secondary N) is 1. The van der Waals surface area contributed by atoms with Crippen molar-refractivity contribution in [3.05, 3.63) is 94.5 Å². The molecule has 0 aliphatic carbocycles. The zero-order valence-corrected chi connectivity index (χ0v) is 21.8. The van der Waals surface area contributed by atoms with Gasteiger partial charge in [0.15, 0.2) is 11.5 Å². The molecular formula is C29H33ClN2O4. The first-order valence-electron chi connectivity index (χ1n) is 12.0. The van der Waals surface area contributed by atoms with Gasteiger partial charge >= 0.3 is 0 Å². The minimum Gasteiger partial charge on any atom is -0.493 e. The molecule has 0 heterocycles. The molecule has 190 valence electrons. The monoisotopic (exact) mass is 508 g/mol. The van der Waals surface area contributed by atoms with E-state index in [4.69, 9.17) is 21.1 Å². The van der Waals surface area contributed by atoms with Crippen molar-refractivity contribution in [3.63, 3.8) is 0 Å². The summed E-state index contributed by atoms with van der Waals surface area (Å²) in [6.07, 6.45) is 1.34. The Hall–Kier alpha value is -3.51. The fourth-order valence-corrected chi connectivity index (χ4v) is 4.15. The van der Waals surface area contributed by atoms with E-state index >= 15 is 0 Å². The number of amides is 2. The first kappa shape index (κ1) is 27.1. The topological polar surface area (TPSA) is 67.9 Å². The lowest BCUT2D eigenvalue weighted by atomic mass is 10.0. The highest BCUT2D eigenvalue weighted by Gasteiger charge is 2.29. The Labute approximate surface area is 218 Å². The van der Waals surface area contributed by atoms with Gasteiger partial charge in [-0.15, -0.1) is 0 Å². The van der Waals surface area contributed by atoms with Crippen molar-refractivity contribution in [2.75, 3.05) is 20.8 Å². The van der Waals surface area contributed by atoms with Gasteiger partial charge in [0.25, 0.3) is 0 Å². The number of halogens is 1. The summed E-state index contributed by atoms with van der Waals surface area (Å²) < 4.78 is 10.7. The van der Waals surface area contributed by atoms with E-state index in [-0.39, 0.29) is 11.8 Å². The van der Waals surface area contributed by atoms with Crippen molar-refractivity contribution in [3.8, 4) is 11.5 Å². The number of ether oxygens (including phenoxy) is 2. The molecule has 1 N–H and O–H groups in total. The first-order valence-corrected chi connectivity index (χ1v) is 12.4. The van der Waals surface area contributed by atoms with E-state index in [1.165, 1.54) is 0 Å². The average Bonchev–Trinajstić information content (AvgIpc) is 2.91. The smallest absolute Gasteiger partial charge is 0.243 e. The van der Waals surface area contributed by atoms with Crippen LogP contribution in [-0.2, 0) is 29.0 Å². The fraction of sp³-hybridized carbons (Fsp3) is 0.310. The molecule has 0 aromatic heterocycles. The third kappa shape index (κ3) is 7.49. The number of hydrogen-bond donors (Lipinski definition) is 1. The predicted molar refractivity (Wildman–Crippen MR) is 142 cm³/mol. The molecule has 0 saturated heterocycles. The Kier molecular flexibility index (Phi) is 10.2. The summed E-state index contributed by atoms with van der Waals surface area (Å²) in [6.45, 7) is 2.56. The van der Waals surface area contributed by atoms with Crippen LogP contribution >= 0.6 is 11.6 Å². The standard InChI is InChI=1S/C29H33ClN2O4/c1-4-28(33)32(20-23-10-13-24(30)14-11-23)25(18-21-8-6-5-7-9-21)29(34)31-17-16-22-12-15-26(35-2)27(19-22)36-3/h5-15,19,25H,4,16-18,20H2,1-3H3,(H,31,34)/t25-/m0/s1. The molecule has 0 saturated carbocycles. The number of carbonyl (C=O) groups is 2. The second-order valence-corrected chi connectivity index (χ2v) is 8.87. The van der Waals surface area contributed by atoms with Gasteiger partial charge in [-0.2, -0.15) is 0 Å². The Morgan fingerprint density at radius 3 is 2.19 bits per heavy atom. The van der Waals surface area contributed by atoms with E-state index < -0.39 is 6.04 Å². The van der Waals surface area contributed by atoms with Gasteiger partial charge in [0, 0.05) is 31.0 Å². The van der Waals surface area contributed by atoms with Crippen molar-refractivity contribution in [2.45, 2.75) is 38.8 Å². The molecule has 0 fully saturated rings. The van der Waals surface area contributed by atoms with E-state index in [0.29, 0.717) is 48.9 Å². The molecule has 0 bridgehead atoms. The molecule has 3 rings (SSSR count). The highest BCUT2D eigenvalue weighted by molar-refractivity contribution is 6.30. The molecule has 36 heavy (non-hydrogen) atoms. The van der Waals surface area contributed by atoms with Crippen molar-refractivity contribution in [2.24, 2.45) is 0 Å². The normalized spacial score (nSPS) is 11.4. The van der Waals surface area contributed by atoms with Crippen LogP contribution in [0.5, 0.6) is 11.5 Å². The summed E-state index contributed by atoms with van der Waals surface area (Å²) in [7, 11) is 3.19. The average molecular weight is 509 g/mol. The van der Waals surface area contributed by atoms with Gasteiger partial charge in [0.2, 0.25) is 11.8 Å². The van der Waals surface area contributed by atoms with Crippen LogP contribution in [0.15, 0.2) is 72.8 Å². The van der Waals surface area contributed by atoms with Crippen LogP contribution in [0.4, 0.5) is 0 Å². The summed E-state index contributed by atoms with van der Waals surface area (Å²) in [5.74, 6) is 1.03. The Bertz CT molecular complexity index is 1140. The molecule has 0 unspecified atom stereocenters. The fourth-order valence-electron chi connectivity index (χ4n) is 4.03. The summed E-state index contributed by atoms with van der Waals surface area (Å²) in [4.78, 5) is 28.2. The molecule has 0 radical (unpaired) electrons. The molecular weight excluding hydrogens is 476 g/mol. The quantitative estimate of drug-likeness (QED) is 0.371. The van der Waals surface area contributed by atoms with Crippen LogP contribution in [0, 0.1) is 0 Å². The lowest BCUT2D eigenvalue weighted by Gasteiger charge is -2.31. The maximum absolute atomic E-state index is 13.5. The van der Waals surface area contributed by atoms with E-state index in [1.807, 2.05) is 67.6 Å². The van der Waals surface area contributed by atoms with E-state index in [9.17, 15) is 9.59 Å². The largest absolute Gasteiger partial charge is 0.493 e. The van der Waals surface area contributed by atoms with E-state index in [2.05, 4.69) is 5.32 Å². The van der Waals surface area contributed by atoms with Gasteiger partial charge in [-0.05, 0) is 47.4 Å². The number of carbonyl (C=O) groups excluding carboxylic acids is 2. The maximum Gasteiger partial charge on any atom is 0.243 e. The Balaban J connectivity index is 1.78. The Morgan fingerprint density at radius 2 is 1.56 bits per heavy atom. The summed E-state index contributed by atoms with van der Waals surface area (Å²) >= 11 is 6.04. The van der Waals surface area contributed by atoms with Gasteiger partial charge in [-0.25, -0.2) is 0 Å². The maximum atomic E-state index is 13.5. The third-order valence-corrected chi connectivity index (χ3v) is 6.25. The highest BCUT2D eigenvalue weighted by atomic mass is 35.5. The molecule has 1 atom stereocenters. The van der Waals surface area contributed by atoms with E-state index in [0.717, 1.165) is 16.7 Å². The first-order chi connectivity index (χ1) is 17.4. The Morgan fingerprint density at radius 1 is 0.889 bits per heavy atom. The SMILES string of the molecule is CCC(=O)N(Cc1ccc(Cl)cc1)[C@@H](Cc1ccccc1)C(=O)NCCc1ccc(OC)c(OC)c1. The third-order valence-electron chi connectivity index (χ3n) is 6.00. The molecule has 2 amide bonds. The molecule has 3 aromatic carbocycles. The molecule has 0 aliphatic rings. The second-order valence-electron chi connectivity index (χ2n) is 8.44. The van der Waals surface area contributed by atoms with Crippen LogP contribution < -0.4 is 14.8 Å². The number of benzene rings is 3. The van der Waals surface area contributed by atoms with Crippen LogP contribution in [0.2, 0.25) is 5.02 Å². The predicted octanol–water partition coefficient (Wildman–Crippen LogP) is 5.07. The molecule has 0 spiro atoms. The minimum atomic E-state index is -0.652. The van der Waals surface area contributed by atoms with Crippen molar-refractivity contribution < 1.29 is 19.1 Å². The number of hydrogen-bond acceptors (Lipinski definition) is 4. The van der Waals surface area contributed by atoms with Gasteiger partial charge in [-0.1, -0.05) is 67.1 Å². The van der Waals surface area contributed by atoms with Crippen molar-refractivity contribution in [1.29, 1.82) is 0 Å². The van der Waals surface area contributed by atoms with Crippen LogP contribution in [0.25, 0.3) is 0 Å². The van der Waals surface area contributed by atoms with Crippen molar-refractivity contribution >= 4 is 23.4 Å². The summed E-state index contributed by atoms with van der Waals surface area (Å²) in [5.41, 5.74) is 2.91. The lowest BCUT2D eigenvalue weighted by Crippen LogP contribution is -2.50. The minimum absolute atomic E-state index is 0.0825. The van der Waals surface area contributed by atoms with Gasteiger partial charge in [-0.3, -0.25) is 9.59 Å².